The smallest absolute Gasteiger partial charge is 0.381 e. The Bertz CT molecular complexity index is 1170. The first-order chi connectivity index (χ1) is 18.5. The fourth-order valence-electron chi connectivity index (χ4n) is 5.54. The molecule has 4 rings (SSSR count). The van der Waals surface area contributed by atoms with E-state index in [2.05, 4.69) is 32.8 Å². The molecule has 2 heterocycles. The second-order valence-electron chi connectivity index (χ2n) is 10.4. The third kappa shape index (κ3) is 8.06. The topological polar surface area (TPSA) is 109 Å². The van der Waals surface area contributed by atoms with Crippen LogP contribution in [0.15, 0.2) is 42.5 Å². The third-order valence-corrected chi connectivity index (χ3v) is 8.90. The third-order valence-electron chi connectivity index (χ3n) is 7.47. The van der Waals surface area contributed by atoms with Crippen LogP contribution in [0.5, 0.6) is 0 Å². The van der Waals surface area contributed by atoms with E-state index in [4.69, 9.17) is 4.74 Å². The van der Waals surface area contributed by atoms with Gasteiger partial charge in [0.25, 0.3) is 0 Å². The number of nitrogens with one attached hydrogen (secondary N) is 4. The monoisotopic (exact) mass is 570 g/mol. The minimum atomic E-state index is -4.47. The number of sulfonamides is 1. The second kappa shape index (κ2) is 12.8. The number of amides is 1. The number of carbonyl (C=O) groups excluding carboxylic acids is 1. The summed E-state index contributed by atoms with van der Waals surface area (Å²) < 4.78 is 74.6. The summed E-state index contributed by atoms with van der Waals surface area (Å²) in [4.78, 5) is 10.9. The van der Waals surface area contributed by atoms with Crippen molar-refractivity contribution in [3.8, 4) is 0 Å². The zero-order valence-corrected chi connectivity index (χ0v) is 22.8. The zero-order valence-electron chi connectivity index (χ0n) is 22.0. The molecule has 1 aromatic rings. The molecule has 1 unspecified atom stereocenters. The molecule has 2 aliphatic heterocycles. The van der Waals surface area contributed by atoms with Gasteiger partial charge in [-0.25, -0.2) is 13.1 Å². The second-order valence-corrected chi connectivity index (χ2v) is 12.3. The van der Waals surface area contributed by atoms with Crippen molar-refractivity contribution >= 4 is 21.6 Å². The van der Waals surface area contributed by atoms with Gasteiger partial charge in [0.2, 0.25) is 15.9 Å². The molecule has 216 valence electrons. The van der Waals surface area contributed by atoms with Crippen LogP contribution in [0.1, 0.15) is 49.8 Å². The molecule has 12 heteroatoms. The van der Waals surface area contributed by atoms with Crippen LogP contribution in [0.4, 0.5) is 18.9 Å². The molecule has 0 bridgehead atoms. The fourth-order valence-corrected chi connectivity index (χ4v) is 6.65. The van der Waals surface area contributed by atoms with E-state index in [1.54, 1.807) is 0 Å². The molecule has 0 saturated carbocycles. The van der Waals surface area contributed by atoms with Crippen LogP contribution in [0, 0.1) is 11.8 Å². The lowest BCUT2D eigenvalue weighted by atomic mass is 9.73. The SMILES string of the molecule is CC(=O)NCCNCCCS(=O)(=O)NC[C@H]1CC[C@@H]2[C@H](O1)c1cc(C(F)(F)F)ccc1N[C@H]2C1C=CC=CC1. The Labute approximate surface area is 227 Å². The van der Waals surface area contributed by atoms with Gasteiger partial charge in [0.15, 0.2) is 0 Å². The van der Waals surface area contributed by atoms with Gasteiger partial charge in [-0.2, -0.15) is 13.2 Å². The molecule has 39 heavy (non-hydrogen) atoms. The number of hydrogen-bond acceptors (Lipinski definition) is 6. The average molecular weight is 571 g/mol. The summed E-state index contributed by atoms with van der Waals surface area (Å²) in [6.45, 7) is 3.01. The van der Waals surface area contributed by atoms with E-state index < -0.39 is 34.0 Å². The van der Waals surface area contributed by atoms with E-state index in [0.717, 1.165) is 18.6 Å². The van der Waals surface area contributed by atoms with Crippen molar-refractivity contribution in [1.29, 1.82) is 0 Å². The Morgan fingerprint density at radius 1 is 1.15 bits per heavy atom. The molecule has 0 spiro atoms. The first kappa shape index (κ1) is 29.6. The molecule has 8 nitrogen and oxygen atoms in total. The van der Waals surface area contributed by atoms with E-state index in [1.807, 2.05) is 12.2 Å². The predicted octanol–water partition coefficient (Wildman–Crippen LogP) is 3.50. The predicted molar refractivity (Wildman–Crippen MR) is 144 cm³/mol. The standard InChI is InChI=1S/C27H37F3N4O4S/c1-18(35)32-14-13-31-12-5-15-39(36,37)33-17-21-9-10-22-25(19-6-3-2-4-7-19)34-24-11-8-20(27(28,29)30)16-23(24)26(22)38-21/h2-4,6,8,11,16,19,21-22,25-26,31,33-34H,5,7,9-10,12-15,17H2,1H3,(H,32,35)/t19?,21-,22+,25+,26+/m1/s1. The van der Waals surface area contributed by atoms with Crippen LogP contribution >= 0.6 is 0 Å². The van der Waals surface area contributed by atoms with E-state index in [1.165, 1.54) is 13.0 Å². The van der Waals surface area contributed by atoms with E-state index in [9.17, 15) is 26.4 Å². The van der Waals surface area contributed by atoms with Gasteiger partial charge in [-0.1, -0.05) is 24.3 Å². The normalized spacial score (nSPS) is 26.4. The molecule has 4 N–H and O–H groups in total. The Morgan fingerprint density at radius 3 is 2.69 bits per heavy atom. The van der Waals surface area contributed by atoms with Crippen molar-refractivity contribution in [3.63, 3.8) is 0 Å². The summed E-state index contributed by atoms with van der Waals surface area (Å²) in [5.74, 6) is -0.0429. The number of anilines is 1. The molecule has 0 aromatic heterocycles. The maximum absolute atomic E-state index is 13.5. The van der Waals surface area contributed by atoms with Crippen molar-refractivity contribution in [1.82, 2.24) is 15.4 Å². The van der Waals surface area contributed by atoms with Crippen molar-refractivity contribution in [2.24, 2.45) is 11.8 Å². The summed E-state index contributed by atoms with van der Waals surface area (Å²) in [6, 6.07) is 3.72. The number of rotatable bonds is 11. The molecule has 1 aliphatic carbocycles. The highest BCUT2D eigenvalue weighted by Gasteiger charge is 2.45. The van der Waals surface area contributed by atoms with Gasteiger partial charge in [0.05, 0.1) is 23.5 Å². The largest absolute Gasteiger partial charge is 0.416 e. The van der Waals surface area contributed by atoms with Crippen LogP contribution in [-0.4, -0.2) is 58.4 Å². The van der Waals surface area contributed by atoms with Crippen LogP contribution in [-0.2, 0) is 25.7 Å². The summed E-state index contributed by atoms with van der Waals surface area (Å²) in [6.07, 6.45) is 5.25. The first-order valence-corrected chi connectivity index (χ1v) is 15.1. The van der Waals surface area contributed by atoms with Crippen LogP contribution < -0.4 is 20.7 Å². The van der Waals surface area contributed by atoms with Gasteiger partial charge in [-0.15, -0.1) is 0 Å². The number of carbonyl (C=O) groups is 1. The number of benzene rings is 1. The van der Waals surface area contributed by atoms with Crippen molar-refractivity contribution in [2.75, 3.05) is 37.2 Å². The Kier molecular flexibility index (Phi) is 9.73. The Hall–Kier alpha value is -2.41. The van der Waals surface area contributed by atoms with Crippen LogP contribution in [0.2, 0.25) is 0 Å². The Balaban J connectivity index is 1.38. The highest BCUT2D eigenvalue weighted by atomic mass is 32.2. The molecule has 3 aliphatic rings. The van der Waals surface area contributed by atoms with Gasteiger partial charge >= 0.3 is 6.18 Å². The summed E-state index contributed by atoms with van der Waals surface area (Å²) >= 11 is 0. The average Bonchev–Trinajstić information content (AvgIpc) is 2.90. The minimum Gasteiger partial charge on any atom is -0.381 e. The van der Waals surface area contributed by atoms with Gasteiger partial charge in [-0.3, -0.25) is 4.79 Å². The van der Waals surface area contributed by atoms with Crippen molar-refractivity contribution in [3.05, 3.63) is 53.6 Å². The molecule has 1 amide bonds. The van der Waals surface area contributed by atoms with Crippen LogP contribution in [0.3, 0.4) is 0 Å². The first-order valence-electron chi connectivity index (χ1n) is 13.4. The zero-order chi connectivity index (χ0) is 28.0. The molecule has 1 aromatic carbocycles. The van der Waals surface area contributed by atoms with Gasteiger partial charge in [-0.05, 0) is 50.4 Å². The quantitative estimate of drug-likeness (QED) is 0.304. The fraction of sp³-hybridized carbons (Fsp3) is 0.593. The number of hydrogen-bond donors (Lipinski definition) is 4. The molecular formula is C27H37F3N4O4S. The minimum absolute atomic E-state index is 0.00350. The van der Waals surface area contributed by atoms with Gasteiger partial charge in [0.1, 0.15) is 0 Å². The van der Waals surface area contributed by atoms with Gasteiger partial charge < -0.3 is 20.7 Å². The number of fused-ring (bicyclic) bond motifs is 3. The number of ether oxygens (including phenoxy) is 1. The van der Waals surface area contributed by atoms with Gasteiger partial charge in [0, 0.05) is 55.7 Å². The number of allylic oxidation sites excluding steroid dienone is 3. The highest BCUT2D eigenvalue weighted by molar-refractivity contribution is 7.89. The van der Waals surface area contributed by atoms with E-state index in [0.29, 0.717) is 50.1 Å². The molecule has 5 atom stereocenters. The molecular weight excluding hydrogens is 533 g/mol. The summed E-state index contributed by atoms with van der Waals surface area (Å²) in [5.41, 5.74) is 0.376. The summed E-state index contributed by atoms with van der Waals surface area (Å²) in [7, 11) is -3.55. The molecule has 0 radical (unpaired) electrons. The molecule has 1 saturated heterocycles. The highest BCUT2D eigenvalue weighted by Crippen LogP contribution is 2.49. The van der Waals surface area contributed by atoms with E-state index in [-0.39, 0.29) is 36.1 Å². The lowest BCUT2D eigenvalue weighted by Crippen LogP contribution is -2.48. The molecule has 1 fully saturated rings. The summed E-state index contributed by atoms with van der Waals surface area (Å²) in [5, 5.41) is 9.23. The number of alkyl halides is 3. The van der Waals surface area contributed by atoms with Crippen molar-refractivity contribution in [2.45, 2.75) is 57.0 Å². The Morgan fingerprint density at radius 2 is 1.97 bits per heavy atom. The lowest BCUT2D eigenvalue weighted by molar-refractivity contribution is -0.138. The van der Waals surface area contributed by atoms with Crippen LogP contribution in [0.25, 0.3) is 0 Å². The lowest BCUT2D eigenvalue weighted by Gasteiger charge is -2.47. The number of halogens is 3. The maximum atomic E-state index is 13.5. The van der Waals surface area contributed by atoms with E-state index >= 15 is 0 Å². The van der Waals surface area contributed by atoms with Crippen molar-refractivity contribution < 1.29 is 31.1 Å². The maximum Gasteiger partial charge on any atom is 0.416 e.